The van der Waals surface area contributed by atoms with Crippen LogP contribution in [0.5, 0.6) is 0 Å². The van der Waals surface area contributed by atoms with Crippen LogP contribution in [-0.2, 0) is 10.0 Å². The molecule has 0 radical (unpaired) electrons. The second kappa shape index (κ2) is 7.59. The van der Waals surface area contributed by atoms with E-state index in [9.17, 15) is 8.42 Å². The SMILES string of the molecule is CC(CS(=O)(=O)NC(CI)C(C)C)c1ccccc1. The van der Waals surface area contributed by atoms with Crippen molar-refractivity contribution in [3.63, 3.8) is 0 Å². The van der Waals surface area contributed by atoms with Gasteiger partial charge < -0.3 is 0 Å². The summed E-state index contributed by atoms with van der Waals surface area (Å²) in [7, 11) is -3.24. The molecule has 1 aromatic carbocycles. The summed E-state index contributed by atoms with van der Waals surface area (Å²) >= 11 is 2.22. The molecule has 0 heterocycles. The predicted octanol–water partition coefficient (Wildman–Crippen LogP) is 3.17. The fourth-order valence-electron chi connectivity index (χ4n) is 1.83. The number of hydrogen-bond donors (Lipinski definition) is 1. The van der Waals surface area contributed by atoms with E-state index in [0.29, 0.717) is 5.92 Å². The van der Waals surface area contributed by atoms with Gasteiger partial charge in [0.15, 0.2) is 0 Å². The summed E-state index contributed by atoms with van der Waals surface area (Å²) in [6.45, 7) is 6.02. The molecule has 0 amide bonds. The summed E-state index contributed by atoms with van der Waals surface area (Å²) in [6.07, 6.45) is 0. The Hall–Kier alpha value is -0.140. The molecule has 1 aromatic rings. The van der Waals surface area contributed by atoms with Gasteiger partial charge >= 0.3 is 0 Å². The van der Waals surface area contributed by atoms with Crippen LogP contribution in [0.3, 0.4) is 0 Å². The molecule has 0 spiro atoms. The number of sulfonamides is 1. The Morgan fingerprint density at radius 3 is 2.21 bits per heavy atom. The average molecular weight is 395 g/mol. The molecular weight excluding hydrogens is 373 g/mol. The van der Waals surface area contributed by atoms with Gasteiger partial charge in [-0.2, -0.15) is 0 Å². The van der Waals surface area contributed by atoms with Crippen molar-refractivity contribution >= 4 is 32.6 Å². The maximum Gasteiger partial charge on any atom is 0.212 e. The Morgan fingerprint density at radius 1 is 1.16 bits per heavy atom. The third kappa shape index (κ3) is 5.79. The first kappa shape index (κ1) is 16.9. The predicted molar refractivity (Wildman–Crippen MR) is 89.3 cm³/mol. The smallest absolute Gasteiger partial charge is 0.212 e. The van der Waals surface area contributed by atoms with Crippen molar-refractivity contribution < 1.29 is 8.42 Å². The van der Waals surface area contributed by atoms with Gasteiger partial charge in [0.2, 0.25) is 10.0 Å². The molecule has 0 fully saturated rings. The van der Waals surface area contributed by atoms with E-state index in [-0.39, 0.29) is 17.7 Å². The van der Waals surface area contributed by atoms with Crippen molar-refractivity contribution in [3.05, 3.63) is 35.9 Å². The molecule has 0 aliphatic heterocycles. The third-order valence-corrected chi connectivity index (χ3v) is 5.69. The van der Waals surface area contributed by atoms with E-state index < -0.39 is 10.0 Å². The number of rotatable bonds is 7. The lowest BCUT2D eigenvalue weighted by molar-refractivity contribution is 0.484. The van der Waals surface area contributed by atoms with Crippen LogP contribution in [0.15, 0.2) is 30.3 Å². The highest BCUT2D eigenvalue weighted by molar-refractivity contribution is 14.1. The minimum atomic E-state index is -3.24. The second-order valence-electron chi connectivity index (χ2n) is 5.22. The molecule has 0 bridgehead atoms. The minimum absolute atomic E-state index is 0.000670. The molecule has 0 saturated carbocycles. The zero-order valence-corrected chi connectivity index (χ0v) is 14.6. The van der Waals surface area contributed by atoms with E-state index in [1.54, 1.807) is 0 Å². The van der Waals surface area contributed by atoms with E-state index >= 15 is 0 Å². The maximum atomic E-state index is 12.2. The van der Waals surface area contributed by atoms with Crippen molar-refractivity contribution in [3.8, 4) is 0 Å². The number of hydrogen-bond acceptors (Lipinski definition) is 2. The zero-order valence-electron chi connectivity index (χ0n) is 11.6. The highest BCUT2D eigenvalue weighted by Crippen LogP contribution is 2.17. The lowest BCUT2D eigenvalue weighted by atomic mass is 10.0. The quantitative estimate of drug-likeness (QED) is 0.570. The van der Waals surface area contributed by atoms with E-state index in [1.165, 1.54) is 0 Å². The highest BCUT2D eigenvalue weighted by Gasteiger charge is 2.22. The van der Waals surface area contributed by atoms with Crippen LogP contribution in [0, 0.1) is 5.92 Å². The summed E-state index contributed by atoms with van der Waals surface area (Å²) in [5, 5.41) is 0. The molecule has 0 saturated heterocycles. The Labute approximate surface area is 130 Å². The topological polar surface area (TPSA) is 46.2 Å². The van der Waals surface area contributed by atoms with E-state index in [0.717, 1.165) is 9.99 Å². The lowest BCUT2D eigenvalue weighted by Gasteiger charge is -2.21. The summed E-state index contributed by atoms with van der Waals surface area (Å²) in [6, 6.07) is 9.76. The van der Waals surface area contributed by atoms with Gasteiger partial charge in [0.05, 0.1) is 5.75 Å². The molecule has 1 N–H and O–H groups in total. The largest absolute Gasteiger partial charge is 0.212 e. The van der Waals surface area contributed by atoms with Gasteiger partial charge in [0.25, 0.3) is 0 Å². The van der Waals surface area contributed by atoms with Gasteiger partial charge in [-0.25, -0.2) is 13.1 Å². The van der Waals surface area contributed by atoms with E-state index in [2.05, 4.69) is 27.3 Å². The van der Waals surface area contributed by atoms with Crippen LogP contribution < -0.4 is 4.72 Å². The van der Waals surface area contributed by atoms with Crippen LogP contribution >= 0.6 is 22.6 Å². The normalized spacial score (nSPS) is 15.4. The van der Waals surface area contributed by atoms with Crippen LogP contribution in [0.1, 0.15) is 32.3 Å². The summed E-state index contributed by atoms with van der Waals surface area (Å²) < 4.78 is 27.9. The molecule has 5 heteroatoms. The van der Waals surface area contributed by atoms with Crippen LogP contribution in [0.4, 0.5) is 0 Å². The monoisotopic (exact) mass is 395 g/mol. The minimum Gasteiger partial charge on any atom is -0.212 e. The Kier molecular flexibility index (Phi) is 6.76. The van der Waals surface area contributed by atoms with Gasteiger partial charge in [0.1, 0.15) is 0 Å². The van der Waals surface area contributed by atoms with Gasteiger partial charge in [-0.05, 0) is 17.4 Å². The van der Waals surface area contributed by atoms with Gasteiger partial charge in [-0.3, -0.25) is 0 Å². The number of benzene rings is 1. The molecule has 2 atom stereocenters. The van der Waals surface area contributed by atoms with Gasteiger partial charge in [0, 0.05) is 10.5 Å². The van der Waals surface area contributed by atoms with Crippen LogP contribution in [0.25, 0.3) is 0 Å². The van der Waals surface area contributed by atoms with Gasteiger partial charge in [-0.1, -0.05) is 73.7 Å². The van der Waals surface area contributed by atoms with Crippen molar-refractivity contribution in [1.29, 1.82) is 0 Å². The molecule has 19 heavy (non-hydrogen) atoms. The first-order chi connectivity index (χ1) is 8.85. The van der Waals surface area contributed by atoms with Crippen molar-refractivity contribution in [2.45, 2.75) is 32.7 Å². The molecule has 0 aromatic heterocycles. The number of nitrogens with one attached hydrogen (secondary N) is 1. The maximum absolute atomic E-state index is 12.2. The zero-order chi connectivity index (χ0) is 14.5. The lowest BCUT2D eigenvalue weighted by Crippen LogP contribution is -2.41. The fraction of sp³-hybridized carbons (Fsp3) is 0.571. The molecule has 0 aliphatic carbocycles. The van der Waals surface area contributed by atoms with E-state index in [1.807, 2.05) is 51.1 Å². The first-order valence-electron chi connectivity index (χ1n) is 6.46. The average Bonchev–Trinajstić information content (AvgIpc) is 2.36. The van der Waals surface area contributed by atoms with Crippen molar-refractivity contribution in [1.82, 2.24) is 4.72 Å². The Morgan fingerprint density at radius 2 is 1.74 bits per heavy atom. The molecule has 108 valence electrons. The molecule has 0 aliphatic rings. The number of alkyl halides is 1. The molecule has 2 unspecified atom stereocenters. The summed E-state index contributed by atoms with van der Waals surface area (Å²) in [5.41, 5.74) is 1.06. The Bertz CT molecular complexity index is 473. The van der Waals surface area contributed by atoms with Crippen LogP contribution in [0.2, 0.25) is 0 Å². The van der Waals surface area contributed by atoms with Gasteiger partial charge in [-0.15, -0.1) is 0 Å². The second-order valence-corrected chi connectivity index (χ2v) is 7.90. The van der Waals surface area contributed by atoms with Crippen molar-refractivity contribution in [2.75, 3.05) is 10.2 Å². The summed E-state index contributed by atoms with van der Waals surface area (Å²) in [5.74, 6) is 0.441. The molecular formula is C14H22INO2S. The first-order valence-corrected chi connectivity index (χ1v) is 9.64. The summed E-state index contributed by atoms with van der Waals surface area (Å²) in [4.78, 5) is 0. The van der Waals surface area contributed by atoms with E-state index in [4.69, 9.17) is 0 Å². The standard InChI is InChI=1S/C14H22INO2S/c1-11(2)14(9-15)16-19(17,18)10-12(3)13-7-5-4-6-8-13/h4-8,11-12,14,16H,9-10H2,1-3H3. The fourth-order valence-corrected chi connectivity index (χ4v) is 5.13. The Balaban J connectivity index is 2.69. The molecule has 3 nitrogen and oxygen atoms in total. The van der Waals surface area contributed by atoms with Crippen LogP contribution in [-0.4, -0.2) is 24.6 Å². The highest BCUT2D eigenvalue weighted by atomic mass is 127. The number of halogens is 1. The van der Waals surface area contributed by atoms with Crippen molar-refractivity contribution in [2.24, 2.45) is 5.92 Å². The molecule has 1 rings (SSSR count). The third-order valence-electron chi connectivity index (χ3n) is 3.14.